The molecule has 1 fully saturated rings. The molecule has 1 aromatic carbocycles. The van der Waals surface area contributed by atoms with Gasteiger partial charge in [-0.15, -0.1) is 0 Å². The molecule has 1 N–H and O–H groups in total. The summed E-state index contributed by atoms with van der Waals surface area (Å²) >= 11 is 0. The average molecular weight is 320 g/mol. The van der Waals surface area contributed by atoms with Crippen LogP contribution >= 0.6 is 0 Å². The van der Waals surface area contributed by atoms with E-state index >= 15 is 0 Å². The van der Waals surface area contributed by atoms with Crippen molar-refractivity contribution >= 4 is 5.97 Å². The van der Waals surface area contributed by atoms with Gasteiger partial charge < -0.3 is 9.84 Å². The molecule has 0 saturated heterocycles. The van der Waals surface area contributed by atoms with Gasteiger partial charge in [0.1, 0.15) is 5.60 Å². The maximum atomic E-state index is 15.0. The van der Waals surface area contributed by atoms with Gasteiger partial charge in [0.15, 0.2) is 11.6 Å². The van der Waals surface area contributed by atoms with Gasteiger partial charge in [-0.25, -0.2) is 9.18 Å². The standard InChI is InChI=1S/C19H25FO3/c1-12(2)19(9-5-6-10-19)23-16-11-15(18(21)22)13-7-3-4-8-14(13)17(16)20/h11-12H,3-10H2,1-2H3,(H,21,22). The number of ether oxygens (including phenoxy) is 1. The third-order valence-electron chi connectivity index (χ3n) is 5.60. The van der Waals surface area contributed by atoms with Crippen LogP contribution < -0.4 is 4.74 Å². The molecule has 0 atom stereocenters. The number of carboxylic acid groups (broad SMARTS) is 1. The minimum atomic E-state index is -0.988. The summed E-state index contributed by atoms with van der Waals surface area (Å²) in [6.07, 6.45) is 7.04. The first-order valence-corrected chi connectivity index (χ1v) is 8.71. The molecule has 4 heteroatoms. The summed E-state index contributed by atoms with van der Waals surface area (Å²) in [6.45, 7) is 4.19. The third kappa shape index (κ3) is 2.84. The first-order valence-electron chi connectivity index (χ1n) is 8.71. The Balaban J connectivity index is 2.05. The van der Waals surface area contributed by atoms with E-state index in [0.29, 0.717) is 24.0 Å². The normalized spacial score (nSPS) is 19.7. The summed E-state index contributed by atoms with van der Waals surface area (Å²) in [5, 5.41) is 9.51. The van der Waals surface area contributed by atoms with E-state index in [9.17, 15) is 14.3 Å². The summed E-state index contributed by atoms with van der Waals surface area (Å²) in [5.41, 5.74) is 1.08. The van der Waals surface area contributed by atoms with E-state index in [4.69, 9.17) is 4.74 Å². The lowest BCUT2D eigenvalue weighted by molar-refractivity contribution is 0.0247. The summed E-state index contributed by atoms with van der Waals surface area (Å²) in [4.78, 5) is 11.6. The predicted octanol–water partition coefficient (Wildman–Crippen LogP) is 4.75. The minimum Gasteiger partial charge on any atom is -0.484 e. The van der Waals surface area contributed by atoms with Gasteiger partial charge in [0.25, 0.3) is 0 Å². The fourth-order valence-electron chi connectivity index (χ4n) is 4.13. The second-order valence-corrected chi connectivity index (χ2v) is 7.23. The van der Waals surface area contributed by atoms with Crippen LogP contribution in [0.4, 0.5) is 4.39 Å². The predicted molar refractivity (Wildman–Crippen MR) is 86.7 cm³/mol. The Morgan fingerprint density at radius 1 is 1.17 bits per heavy atom. The number of benzene rings is 1. The molecule has 0 amide bonds. The van der Waals surface area contributed by atoms with Crippen LogP contribution in [0.25, 0.3) is 0 Å². The van der Waals surface area contributed by atoms with Crippen LogP contribution in [0.3, 0.4) is 0 Å². The Bertz CT molecular complexity index is 616. The highest BCUT2D eigenvalue weighted by molar-refractivity contribution is 5.90. The van der Waals surface area contributed by atoms with E-state index in [1.54, 1.807) is 0 Å². The van der Waals surface area contributed by atoms with Crippen molar-refractivity contribution in [3.05, 3.63) is 28.6 Å². The molecule has 1 saturated carbocycles. The van der Waals surface area contributed by atoms with Crippen molar-refractivity contribution in [3.8, 4) is 5.75 Å². The van der Waals surface area contributed by atoms with E-state index in [-0.39, 0.29) is 28.6 Å². The average Bonchev–Trinajstić information content (AvgIpc) is 3.00. The van der Waals surface area contributed by atoms with Gasteiger partial charge in [0.2, 0.25) is 0 Å². The molecule has 3 nitrogen and oxygen atoms in total. The second kappa shape index (κ2) is 6.14. The molecule has 23 heavy (non-hydrogen) atoms. The highest BCUT2D eigenvalue weighted by atomic mass is 19.1. The Morgan fingerprint density at radius 2 is 1.78 bits per heavy atom. The lowest BCUT2D eigenvalue weighted by Crippen LogP contribution is -2.39. The molecule has 2 aliphatic carbocycles. The first kappa shape index (κ1) is 16.3. The number of fused-ring (bicyclic) bond motifs is 1. The van der Waals surface area contributed by atoms with Crippen LogP contribution in [0.2, 0.25) is 0 Å². The molecule has 0 aromatic heterocycles. The Hall–Kier alpha value is -1.58. The van der Waals surface area contributed by atoms with Crippen molar-refractivity contribution in [1.29, 1.82) is 0 Å². The molecular formula is C19H25FO3. The zero-order valence-corrected chi connectivity index (χ0v) is 14.0. The van der Waals surface area contributed by atoms with Gasteiger partial charge in [-0.2, -0.15) is 0 Å². The van der Waals surface area contributed by atoms with Crippen molar-refractivity contribution in [2.75, 3.05) is 0 Å². The fourth-order valence-corrected chi connectivity index (χ4v) is 4.13. The van der Waals surface area contributed by atoms with Gasteiger partial charge in [0, 0.05) is 0 Å². The topological polar surface area (TPSA) is 46.5 Å². The fraction of sp³-hybridized carbons (Fsp3) is 0.632. The van der Waals surface area contributed by atoms with Crippen LogP contribution in [0.15, 0.2) is 6.07 Å². The van der Waals surface area contributed by atoms with E-state index < -0.39 is 5.97 Å². The van der Waals surface area contributed by atoms with Gasteiger partial charge in [-0.3, -0.25) is 0 Å². The zero-order valence-electron chi connectivity index (χ0n) is 14.0. The highest BCUT2D eigenvalue weighted by Gasteiger charge is 2.40. The van der Waals surface area contributed by atoms with Crippen molar-refractivity contribution in [2.45, 2.75) is 70.8 Å². The van der Waals surface area contributed by atoms with E-state index in [1.807, 2.05) is 0 Å². The third-order valence-corrected chi connectivity index (χ3v) is 5.60. The summed E-state index contributed by atoms with van der Waals surface area (Å²) in [5.74, 6) is -0.915. The summed E-state index contributed by atoms with van der Waals surface area (Å²) in [6, 6.07) is 1.42. The molecule has 0 unspecified atom stereocenters. The Morgan fingerprint density at radius 3 is 2.35 bits per heavy atom. The molecule has 0 radical (unpaired) electrons. The van der Waals surface area contributed by atoms with Crippen LogP contribution in [-0.4, -0.2) is 16.7 Å². The van der Waals surface area contributed by atoms with Crippen molar-refractivity contribution in [3.63, 3.8) is 0 Å². The molecular weight excluding hydrogens is 295 g/mol. The molecule has 0 heterocycles. The zero-order chi connectivity index (χ0) is 16.6. The highest BCUT2D eigenvalue weighted by Crippen LogP contribution is 2.42. The van der Waals surface area contributed by atoms with Gasteiger partial charge in [-0.05, 0) is 74.5 Å². The number of hydrogen-bond acceptors (Lipinski definition) is 2. The van der Waals surface area contributed by atoms with Crippen molar-refractivity contribution in [1.82, 2.24) is 0 Å². The lowest BCUT2D eigenvalue weighted by Gasteiger charge is -2.35. The van der Waals surface area contributed by atoms with E-state index in [0.717, 1.165) is 38.5 Å². The maximum Gasteiger partial charge on any atom is 0.336 e. The summed E-state index contributed by atoms with van der Waals surface area (Å²) < 4.78 is 21.1. The van der Waals surface area contributed by atoms with Crippen LogP contribution in [0.1, 0.15) is 73.9 Å². The van der Waals surface area contributed by atoms with Gasteiger partial charge in [-0.1, -0.05) is 13.8 Å². The van der Waals surface area contributed by atoms with Crippen molar-refractivity contribution in [2.24, 2.45) is 5.92 Å². The number of carboxylic acids is 1. The second-order valence-electron chi connectivity index (χ2n) is 7.23. The summed E-state index contributed by atoms with van der Waals surface area (Å²) in [7, 11) is 0. The lowest BCUT2D eigenvalue weighted by atomic mass is 9.86. The van der Waals surface area contributed by atoms with E-state index in [1.165, 1.54) is 6.07 Å². The largest absolute Gasteiger partial charge is 0.484 e. The van der Waals surface area contributed by atoms with Crippen LogP contribution in [0, 0.1) is 11.7 Å². The van der Waals surface area contributed by atoms with Crippen LogP contribution in [-0.2, 0) is 12.8 Å². The number of hydrogen-bond donors (Lipinski definition) is 1. The van der Waals surface area contributed by atoms with E-state index in [2.05, 4.69) is 13.8 Å². The number of halogens is 1. The number of aromatic carboxylic acids is 1. The molecule has 3 rings (SSSR count). The quantitative estimate of drug-likeness (QED) is 0.871. The Labute approximate surface area is 136 Å². The SMILES string of the molecule is CC(C)C1(Oc2cc(C(=O)O)c3c(c2F)CCCC3)CCCC1. The molecule has 0 spiro atoms. The Kier molecular flexibility index (Phi) is 4.35. The van der Waals surface area contributed by atoms with Crippen LogP contribution in [0.5, 0.6) is 5.75 Å². The maximum absolute atomic E-state index is 15.0. The van der Waals surface area contributed by atoms with Gasteiger partial charge in [0.05, 0.1) is 5.56 Å². The smallest absolute Gasteiger partial charge is 0.336 e. The first-order chi connectivity index (χ1) is 10.9. The molecule has 0 aliphatic heterocycles. The monoisotopic (exact) mass is 320 g/mol. The molecule has 0 bridgehead atoms. The van der Waals surface area contributed by atoms with Gasteiger partial charge >= 0.3 is 5.97 Å². The van der Waals surface area contributed by atoms with Crippen molar-refractivity contribution < 1.29 is 19.0 Å². The number of carbonyl (C=O) groups is 1. The number of rotatable bonds is 4. The minimum absolute atomic E-state index is 0.138. The molecule has 126 valence electrons. The molecule has 1 aromatic rings. The molecule has 2 aliphatic rings.